The lowest BCUT2D eigenvalue weighted by atomic mass is 9.32. The summed E-state index contributed by atoms with van der Waals surface area (Å²) < 4.78 is 10.7. The van der Waals surface area contributed by atoms with Crippen molar-refractivity contribution in [3.63, 3.8) is 0 Å². The maximum atomic E-state index is 2.65. The molecule has 0 atom stereocenters. The molecule has 0 radical (unpaired) electrons. The van der Waals surface area contributed by atoms with Crippen LogP contribution in [0.3, 0.4) is 0 Å². The summed E-state index contributed by atoms with van der Waals surface area (Å²) >= 11 is 7.82. The standard InChI is InChI=1S/C54H26B2N2S4/c1-3-17-41-27(9-1)29-21-23-37-47(53(29)61-41)31-11-5-13-33-51(31)57(37)39-15-7-19-43-49(39)55(33)35-25-36-46(26-45(35)59-43)60-44-20-8-16-40-50(44)56(36)34-14-6-12-32-48-38(58(40)52(32)34)24-22-30-28-10-2-4-18-42(28)62-54(30)48/h1-26H. The predicted octanol–water partition coefficient (Wildman–Crippen LogP) is 11.2. The Hall–Kier alpha value is -6.15. The number of hydrogen-bond acceptors (Lipinski definition) is 4. The highest BCUT2D eigenvalue weighted by Crippen LogP contribution is 2.47. The second-order valence-corrected chi connectivity index (χ2v) is 21.7. The van der Waals surface area contributed by atoms with Crippen molar-refractivity contribution < 1.29 is 0 Å². The molecule has 0 spiro atoms. The van der Waals surface area contributed by atoms with Crippen molar-refractivity contribution in [2.75, 3.05) is 0 Å². The SMILES string of the molecule is c1cc2c3c(c1)-n1c4ccc5c6ccccc6sc5c4c4cccc(c41)B3c1cc3c(cc1S2)Sc1cccc2c1B3c1cccc3c4c5sc6ccccc6c5ccc4n-2c13. The molecular formula is C54H26B2N2S4. The lowest BCUT2D eigenvalue weighted by Crippen LogP contribution is -2.62. The van der Waals surface area contributed by atoms with Crippen molar-refractivity contribution in [2.24, 2.45) is 0 Å². The van der Waals surface area contributed by atoms with Crippen molar-refractivity contribution in [1.82, 2.24) is 9.13 Å². The molecule has 0 saturated carbocycles. The van der Waals surface area contributed by atoms with Crippen LogP contribution in [0, 0.1) is 0 Å². The van der Waals surface area contributed by atoms with E-state index in [2.05, 4.69) is 167 Å². The molecule has 2 nitrogen and oxygen atoms in total. The summed E-state index contributed by atoms with van der Waals surface area (Å²) in [4.78, 5) is 5.51. The number of aromatic nitrogens is 2. The van der Waals surface area contributed by atoms with Gasteiger partial charge in [0.05, 0.1) is 11.0 Å². The van der Waals surface area contributed by atoms with E-state index in [9.17, 15) is 0 Å². The quantitative estimate of drug-likeness (QED) is 0.141. The maximum absolute atomic E-state index is 2.65. The van der Waals surface area contributed by atoms with Crippen LogP contribution in [0.25, 0.3) is 95.3 Å². The number of para-hydroxylation sites is 2. The summed E-state index contributed by atoms with van der Waals surface area (Å²) in [6, 6.07) is 60.9. The number of benzene rings is 9. The molecule has 62 heavy (non-hydrogen) atoms. The van der Waals surface area contributed by atoms with E-state index >= 15 is 0 Å². The first kappa shape index (κ1) is 32.5. The van der Waals surface area contributed by atoms with Gasteiger partial charge in [-0.2, -0.15) is 0 Å². The van der Waals surface area contributed by atoms with Crippen molar-refractivity contribution in [3.8, 4) is 11.4 Å². The van der Waals surface area contributed by atoms with Crippen LogP contribution in [0.15, 0.2) is 177 Å². The van der Waals surface area contributed by atoms with E-state index in [1.165, 1.54) is 148 Å². The fourth-order valence-corrected chi connectivity index (χ4v) is 17.3. The molecule has 0 unspecified atom stereocenters. The van der Waals surface area contributed by atoms with Crippen molar-refractivity contribution in [1.29, 1.82) is 0 Å². The second-order valence-electron chi connectivity index (χ2n) is 17.4. The lowest BCUT2D eigenvalue weighted by Gasteiger charge is -2.36. The zero-order chi connectivity index (χ0) is 39.7. The maximum Gasteiger partial charge on any atom is 0.249 e. The van der Waals surface area contributed by atoms with Crippen LogP contribution >= 0.6 is 46.2 Å². The zero-order valence-electron chi connectivity index (χ0n) is 32.7. The third-order valence-electron chi connectivity index (χ3n) is 14.6. The topological polar surface area (TPSA) is 9.86 Å². The molecule has 4 aliphatic rings. The summed E-state index contributed by atoms with van der Waals surface area (Å²) in [5.74, 6) is 0. The number of thiophene rings is 2. The van der Waals surface area contributed by atoms with Crippen molar-refractivity contribution >= 4 is 176 Å². The van der Waals surface area contributed by atoms with Crippen LogP contribution in [0.5, 0.6) is 0 Å². The van der Waals surface area contributed by atoms with E-state index in [0.717, 1.165) is 0 Å². The molecule has 4 aromatic heterocycles. The Kier molecular flexibility index (Phi) is 5.81. The van der Waals surface area contributed by atoms with Crippen LogP contribution < -0.4 is 32.8 Å². The number of nitrogens with zero attached hydrogens (tertiary/aromatic N) is 2. The third-order valence-corrected chi connectivity index (χ3v) is 19.3. The van der Waals surface area contributed by atoms with Gasteiger partial charge in [-0.15, -0.1) is 22.7 Å². The van der Waals surface area contributed by atoms with E-state index in [4.69, 9.17) is 0 Å². The van der Waals surface area contributed by atoms with Crippen LogP contribution in [-0.4, -0.2) is 22.6 Å². The first-order chi connectivity index (χ1) is 30.8. The summed E-state index contributed by atoms with van der Waals surface area (Å²) in [6.07, 6.45) is 0. The van der Waals surface area contributed by atoms with Crippen LogP contribution in [0.2, 0.25) is 0 Å². The molecule has 0 bridgehead atoms. The first-order valence-corrected chi connectivity index (χ1v) is 24.6. The highest BCUT2D eigenvalue weighted by molar-refractivity contribution is 8.01. The largest absolute Gasteiger partial charge is 0.310 e. The van der Waals surface area contributed by atoms with Gasteiger partial charge in [-0.05, 0) is 76.4 Å². The van der Waals surface area contributed by atoms with Gasteiger partial charge in [0.25, 0.3) is 0 Å². The van der Waals surface area contributed by atoms with E-state index in [-0.39, 0.29) is 13.4 Å². The molecule has 0 saturated heterocycles. The summed E-state index contributed by atoms with van der Waals surface area (Å²) in [5.41, 5.74) is 16.6. The minimum Gasteiger partial charge on any atom is -0.310 e. The average molecular weight is 853 g/mol. The van der Waals surface area contributed by atoms with Gasteiger partial charge in [0.1, 0.15) is 0 Å². The molecule has 282 valence electrons. The van der Waals surface area contributed by atoms with Crippen LogP contribution in [0.1, 0.15) is 0 Å². The van der Waals surface area contributed by atoms with Gasteiger partial charge in [-0.1, -0.05) is 138 Å². The molecule has 17 rings (SSSR count). The molecule has 0 fully saturated rings. The van der Waals surface area contributed by atoms with E-state index < -0.39 is 0 Å². The number of fused-ring (bicyclic) bond motifs is 22. The second kappa shape index (κ2) is 11.1. The fraction of sp³-hybridized carbons (Fsp3) is 0. The molecule has 9 aromatic carbocycles. The van der Waals surface area contributed by atoms with Gasteiger partial charge in [0, 0.05) is 104 Å². The highest BCUT2D eigenvalue weighted by Gasteiger charge is 2.44. The molecule has 8 heterocycles. The van der Waals surface area contributed by atoms with Gasteiger partial charge in [0.15, 0.2) is 0 Å². The van der Waals surface area contributed by atoms with E-state index in [0.29, 0.717) is 0 Å². The molecule has 8 heteroatoms. The molecule has 0 amide bonds. The van der Waals surface area contributed by atoms with Gasteiger partial charge in [-0.25, -0.2) is 0 Å². The average Bonchev–Trinajstić information content (AvgIpc) is 4.07. The van der Waals surface area contributed by atoms with Gasteiger partial charge in [-0.3, -0.25) is 0 Å². The molecule has 0 aliphatic carbocycles. The number of hydrogen-bond donors (Lipinski definition) is 0. The Morgan fingerprint density at radius 3 is 1.34 bits per heavy atom. The van der Waals surface area contributed by atoms with Gasteiger partial charge < -0.3 is 9.13 Å². The van der Waals surface area contributed by atoms with Crippen molar-refractivity contribution in [2.45, 2.75) is 19.6 Å². The molecular weight excluding hydrogens is 826 g/mol. The predicted molar refractivity (Wildman–Crippen MR) is 271 cm³/mol. The summed E-state index contributed by atoms with van der Waals surface area (Å²) in [5, 5.41) is 10.9. The zero-order valence-corrected chi connectivity index (χ0v) is 36.0. The summed E-state index contributed by atoms with van der Waals surface area (Å²) in [6.45, 7) is 0.268. The van der Waals surface area contributed by atoms with Gasteiger partial charge >= 0.3 is 0 Å². The van der Waals surface area contributed by atoms with Crippen molar-refractivity contribution in [3.05, 3.63) is 158 Å². The van der Waals surface area contributed by atoms with E-state index in [1.54, 1.807) is 0 Å². The number of rotatable bonds is 0. The molecule has 13 aromatic rings. The highest BCUT2D eigenvalue weighted by atomic mass is 32.2. The smallest absolute Gasteiger partial charge is 0.249 e. The minimum absolute atomic E-state index is 0.134. The Morgan fingerprint density at radius 2 is 0.823 bits per heavy atom. The Balaban J connectivity index is 0.943. The minimum atomic E-state index is 0.134. The third kappa shape index (κ3) is 3.69. The van der Waals surface area contributed by atoms with Crippen LogP contribution in [0.4, 0.5) is 0 Å². The Labute approximate surface area is 371 Å². The van der Waals surface area contributed by atoms with E-state index in [1.807, 2.05) is 46.2 Å². The first-order valence-electron chi connectivity index (χ1n) is 21.3. The molecule has 4 aliphatic heterocycles. The monoisotopic (exact) mass is 852 g/mol. The van der Waals surface area contributed by atoms with Gasteiger partial charge in [0.2, 0.25) is 13.4 Å². The molecule has 0 N–H and O–H groups in total. The summed E-state index contributed by atoms with van der Waals surface area (Å²) in [7, 11) is 0. The normalized spacial score (nSPS) is 14.3. The Morgan fingerprint density at radius 1 is 0.355 bits per heavy atom. The fourth-order valence-electron chi connectivity index (χ4n) is 12.3. The van der Waals surface area contributed by atoms with Crippen LogP contribution in [-0.2, 0) is 0 Å². The Bertz CT molecular complexity index is 4050. The lowest BCUT2D eigenvalue weighted by molar-refractivity contribution is 1.17.